The number of thioether (sulfide) groups is 1. The highest BCUT2D eigenvalue weighted by molar-refractivity contribution is 7.99. The van der Waals surface area contributed by atoms with Crippen molar-refractivity contribution in [3.05, 3.63) is 0 Å². The van der Waals surface area contributed by atoms with Crippen LogP contribution in [0.5, 0.6) is 0 Å². The molecule has 1 amide bonds. The van der Waals surface area contributed by atoms with Gasteiger partial charge in [-0.2, -0.15) is 11.8 Å². The molecule has 0 spiro atoms. The number of piperazine rings is 1. The largest absolute Gasteiger partial charge is 0.357 e. The number of guanidine groups is 1. The lowest BCUT2D eigenvalue weighted by Crippen LogP contribution is -2.54. The Hall–Kier alpha value is -0.950. The Bertz CT molecular complexity index is 481. The number of hydrogen-bond acceptors (Lipinski definition) is 4. The summed E-state index contributed by atoms with van der Waals surface area (Å²) in [7, 11) is 0. The predicted molar refractivity (Wildman–Crippen MR) is 117 cm³/mol. The quantitative estimate of drug-likeness (QED) is 0.550. The van der Waals surface area contributed by atoms with Crippen LogP contribution in [0.2, 0.25) is 0 Å². The lowest BCUT2D eigenvalue weighted by Gasteiger charge is -2.37. The Labute approximate surface area is 170 Å². The minimum Gasteiger partial charge on any atom is -0.357 e. The second-order valence-corrected chi connectivity index (χ2v) is 9.71. The number of nitrogens with zero attached hydrogens (tertiary/aromatic N) is 4. The molecule has 0 unspecified atom stereocenters. The molecule has 0 radical (unpaired) electrons. The number of amides is 1. The van der Waals surface area contributed by atoms with Crippen LogP contribution in [-0.2, 0) is 4.79 Å². The van der Waals surface area contributed by atoms with Crippen LogP contribution in [0.25, 0.3) is 0 Å². The Morgan fingerprint density at radius 2 is 1.63 bits per heavy atom. The van der Waals surface area contributed by atoms with Gasteiger partial charge in [-0.3, -0.25) is 14.7 Å². The molecule has 0 aliphatic carbocycles. The van der Waals surface area contributed by atoms with Gasteiger partial charge in [0.15, 0.2) is 5.96 Å². The number of nitrogens with one attached hydrogen (secondary N) is 1. The van der Waals surface area contributed by atoms with Crippen LogP contribution in [0.15, 0.2) is 4.99 Å². The molecule has 0 aromatic heterocycles. The van der Waals surface area contributed by atoms with Gasteiger partial charge in [-0.15, -0.1) is 0 Å². The smallest absolute Gasteiger partial charge is 0.236 e. The average molecular weight is 398 g/mol. The number of carbonyl (C=O) groups excluding carboxylic acids is 1. The summed E-state index contributed by atoms with van der Waals surface area (Å²) in [5.41, 5.74) is 0. The molecule has 7 heteroatoms. The summed E-state index contributed by atoms with van der Waals surface area (Å²) in [5, 5.41) is 3.44. The van der Waals surface area contributed by atoms with Gasteiger partial charge in [-0.05, 0) is 39.9 Å². The van der Waals surface area contributed by atoms with Gasteiger partial charge in [0.25, 0.3) is 0 Å². The first kappa shape index (κ1) is 22.3. The summed E-state index contributed by atoms with van der Waals surface area (Å²) in [5.74, 6) is 1.32. The SMILES string of the molecule is CCNC(=NCC(C)(C)SC)N1CCN(CC(=O)N2CCCCCC2)CC1. The molecule has 0 aromatic rings. The molecule has 1 N–H and O–H groups in total. The molecule has 2 aliphatic rings. The van der Waals surface area contributed by atoms with Gasteiger partial charge in [0, 0.05) is 50.6 Å². The highest BCUT2D eigenvalue weighted by Gasteiger charge is 2.24. The number of likely N-dealkylation sites (tertiary alicyclic amines) is 1. The van der Waals surface area contributed by atoms with Gasteiger partial charge in [0.05, 0.1) is 13.1 Å². The number of hydrogen-bond donors (Lipinski definition) is 1. The van der Waals surface area contributed by atoms with Gasteiger partial charge >= 0.3 is 0 Å². The van der Waals surface area contributed by atoms with Crippen LogP contribution in [0.1, 0.15) is 46.5 Å². The van der Waals surface area contributed by atoms with Crippen LogP contribution < -0.4 is 5.32 Å². The lowest BCUT2D eigenvalue weighted by molar-refractivity contribution is -0.132. The average Bonchev–Trinajstić information content (AvgIpc) is 2.95. The van der Waals surface area contributed by atoms with Crippen molar-refractivity contribution in [3.8, 4) is 0 Å². The van der Waals surface area contributed by atoms with Gasteiger partial charge in [0.2, 0.25) is 5.91 Å². The number of rotatable bonds is 6. The minimum atomic E-state index is 0.155. The maximum atomic E-state index is 12.6. The monoisotopic (exact) mass is 397 g/mol. The van der Waals surface area contributed by atoms with Gasteiger partial charge in [0.1, 0.15) is 0 Å². The van der Waals surface area contributed by atoms with Crippen molar-refractivity contribution >= 4 is 23.6 Å². The molecule has 0 atom stereocenters. The Morgan fingerprint density at radius 1 is 1.00 bits per heavy atom. The van der Waals surface area contributed by atoms with E-state index in [0.717, 1.165) is 71.2 Å². The summed E-state index contributed by atoms with van der Waals surface area (Å²) >= 11 is 1.85. The number of carbonyl (C=O) groups is 1. The summed E-state index contributed by atoms with van der Waals surface area (Å²) < 4.78 is 0.155. The Kier molecular flexibility index (Phi) is 9.22. The van der Waals surface area contributed by atoms with E-state index in [0.29, 0.717) is 12.5 Å². The first-order chi connectivity index (χ1) is 12.9. The van der Waals surface area contributed by atoms with Crippen molar-refractivity contribution < 1.29 is 4.79 Å². The van der Waals surface area contributed by atoms with Crippen LogP contribution in [0, 0.1) is 0 Å². The topological polar surface area (TPSA) is 51.2 Å². The highest BCUT2D eigenvalue weighted by Crippen LogP contribution is 2.21. The van der Waals surface area contributed by atoms with Crippen molar-refractivity contribution in [1.29, 1.82) is 0 Å². The van der Waals surface area contributed by atoms with Crippen LogP contribution in [0.4, 0.5) is 0 Å². The molecule has 0 aromatic carbocycles. The van der Waals surface area contributed by atoms with Crippen molar-refractivity contribution in [2.45, 2.75) is 51.2 Å². The zero-order valence-electron chi connectivity index (χ0n) is 17.8. The summed E-state index contributed by atoms with van der Waals surface area (Å²) in [4.78, 5) is 24.2. The maximum Gasteiger partial charge on any atom is 0.236 e. The lowest BCUT2D eigenvalue weighted by atomic mass is 10.2. The maximum absolute atomic E-state index is 12.6. The van der Waals surface area contributed by atoms with Crippen molar-refractivity contribution in [1.82, 2.24) is 20.0 Å². The van der Waals surface area contributed by atoms with Gasteiger partial charge < -0.3 is 15.1 Å². The fourth-order valence-electron chi connectivity index (χ4n) is 3.48. The van der Waals surface area contributed by atoms with E-state index in [-0.39, 0.29) is 4.75 Å². The molecule has 156 valence electrons. The molecule has 2 heterocycles. The molecule has 27 heavy (non-hydrogen) atoms. The van der Waals surface area contributed by atoms with E-state index >= 15 is 0 Å². The van der Waals surface area contributed by atoms with E-state index in [2.05, 4.69) is 47.0 Å². The van der Waals surface area contributed by atoms with Crippen LogP contribution in [-0.4, -0.2) is 96.5 Å². The van der Waals surface area contributed by atoms with E-state index in [1.165, 1.54) is 12.8 Å². The van der Waals surface area contributed by atoms with E-state index in [1.807, 2.05) is 11.8 Å². The van der Waals surface area contributed by atoms with E-state index < -0.39 is 0 Å². The number of aliphatic imine (C=N–C) groups is 1. The van der Waals surface area contributed by atoms with Crippen molar-refractivity contribution in [2.75, 3.05) is 65.2 Å². The second kappa shape index (κ2) is 11.1. The highest BCUT2D eigenvalue weighted by atomic mass is 32.2. The molecular weight excluding hydrogens is 358 g/mol. The molecule has 0 saturated carbocycles. The third kappa shape index (κ3) is 7.53. The minimum absolute atomic E-state index is 0.155. The first-order valence-corrected chi connectivity index (χ1v) is 11.8. The fraction of sp³-hybridized carbons (Fsp3) is 0.900. The molecule has 2 aliphatic heterocycles. The third-order valence-electron chi connectivity index (χ3n) is 5.49. The zero-order chi connectivity index (χ0) is 19.7. The molecule has 2 saturated heterocycles. The zero-order valence-corrected chi connectivity index (χ0v) is 18.6. The Morgan fingerprint density at radius 3 is 2.19 bits per heavy atom. The molecule has 2 fully saturated rings. The molecule has 2 rings (SSSR count). The predicted octanol–water partition coefficient (Wildman–Crippen LogP) is 2.11. The fourth-order valence-corrected chi connectivity index (χ4v) is 3.68. The van der Waals surface area contributed by atoms with Gasteiger partial charge in [-0.25, -0.2) is 0 Å². The van der Waals surface area contributed by atoms with E-state index in [4.69, 9.17) is 4.99 Å². The van der Waals surface area contributed by atoms with E-state index in [9.17, 15) is 4.79 Å². The Balaban J connectivity index is 1.83. The molecular formula is C20H39N5OS. The van der Waals surface area contributed by atoms with Crippen LogP contribution >= 0.6 is 11.8 Å². The first-order valence-electron chi connectivity index (χ1n) is 10.5. The van der Waals surface area contributed by atoms with Crippen molar-refractivity contribution in [2.24, 2.45) is 4.99 Å². The second-order valence-electron chi connectivity index (χ2n) is 8.19. The standard InChI is InChI=1S/C20H39N5OS/c1-5-21-19(22-17-20(2,3)27-4)25-14-12-23(13-15-25)16-18(26)24-10-8-6-7-9-11-24/h5-17H2,1-4H3,(H,21,22). The summed E-state index contributed by atoms with van der Waals surface area (Å²) in [6, 6.07) is 0. The van der Waals surface area contributed by atoms with Crippen LogP contribution in [0.3, 0.4) is 0 Å². The van der Waals surface area contributed by atoms with Gasteiger partial charge in [-0.1, -0.05) is 12.8 Å². The van der Waals surface area contributed by atoms with Crippen molar-refractivity contribution in [3.63, 3.8) is 0 Å². The summed E-state index contributed by atoms with van der Waals surface area (Å²) in [6.07, 6.45) is 7.00. The molecule has 6 nitrogen and oxygen atoms in total. The van der Waals surface area contributed by atoms with E-state index in [1.54, 1.807) is 0 Å². The summed E-state index contributed by atoms with van der Waals surface area (Å²) in [6.45, 7) is 14.4. The molecule has 0 bridgehead atoms. The third-order valence-corrected chi connectivity index (χ3v) is 6.72. The normalized spacial score (nSPS) is 20.5.